The van der Waals surface area contributed by atoms with Gasteiger partial charge >= 0.3 is 0 Å². The van der Waals surface area contributed by atoms with Crippen LogP contribution < -0.4 is 11.1 Å². The number of nitrogens with two attached hydrogens (primary N) is 1. The standard InChI is InChI=1S/C13H23N5O/c1-10-12(8-15-18(10)6-3-5-14)13(19)16-11-4-7-17(2)9-11/h8,11H,3-7,9,14H2,1-2H3,(H,16,19). The first-order chi connectivity index (χ1) is 9.11. The molecule has 1 aromatic rings. The molecule has 0 saturated carbocycles. The monoisotopic (exact) mass is 265 g/mol. The van der Waals surface area contributed by atoms with Crippen molar-refractivity contribution in [3.05, 3.63) is 17.5 Å². The van der Waals surface area contributed by atoms with Crippen LogP contribution in [0.2, 0.25) is 0 Å². The van der Waals surface area contributed by atoms with Gasteiger partial charge in [-0.15, -0.1) is 0 Å². The Labute approximate surface area is 113 Å². The van der Waals surface area contributed by atoms with Crippen LogP contribution >= 0.6 is 0 Å². The number of nitrogens with one attached hydrogen (secondary N) is 1. The predicted molar refractivity (Wildman–Crippen MR) is 74.0 cm³/mol. The number of carbonyl (C=O) groups excluding carboxylic acids is 1. The number of aromatic nitrogens is 2. The molecule has 0 bridgehead atoms. The lowest BCUT2D eigenvalue weighted by Gasteiger charge is -2.12. The maximum atomic E-state index is 12.2. The lowest BCUT2D eigenvalue weighted by molar-refractivity contribution is 0.0937. The molecule has 1 amide bonds. The molecule has 2 rings (SSSR count). The lowest BCUT2D eigenvalue weighted by Crippen LogP contribution is -2.36. The van der Waals surface area contributed by atoms with Crippen LogP contribution in [-0.4, -0.2) is 53.3 Å². The molecule has 6 heteroatoms. The fourth-order valence-corrected chi connectivity index (χ4v) is 2.45. The van der Waals surface area contributed by atoms with Gasteiger partial charge in [-0.25, -0.2) is 0 Å². The second-order valence-corrected chi connectivity index (χ2v) is 5.23. The van der Waals surface area contributed by atoms with E-state index >= 15 is 0 Å². The van der Waals surface area contributed by atoms with Crippen molar-refractivity contribution in [2.45, 2.75) is 32.4 Å². The smallest absolute Gasteiger partial charge is 0.255 e. The Bertz CT molecular complexity index is 442. The maximum Gasteiger partial charge on any atom is 0.255 e. The Morgan fingerprint density at radius 3 is 3.05 bits per heavy atom. The number of hydrogen-bond acceptors (Lipinski definition) is 4. The molecule has 0 spiro atoms. The van der Waals surface area contributed by atoms with Crippen molar-refractivity contribution < 1.29 is 4.79 Å². The molecule has 1 unspecified atom stereocenters. The van der Waals surface area contributed by atoms with E-state index in [-0.39, 0.29) is 11.9 Å². The van der Waals surface area contributed by atoms with Gasteiger partial charge in [-0.05, 0) is 39.9 Å². The molecule has 1 saturated heterocycles. The summed E-state index contributed by atoms with van der Waals surface area (Å²) >= 11 is 0. The minimum Gasteiger partial charge on any atom is -0.348 e. The van der Waals surface area contributed by atoms with Crippen LogP contribution in [0.4, 0.5) is 0 Å². The van der Waals surface area contributed by atoms with Crippen LogP contribution in [0, 0.1) is 6.92 Å². The van der Waals surface area contributed by atoms with Crippen LogP contribution in [0.25, 0.3) is 0 Å². The van der Waals surface area contributed by atoms with Crippen molar-refractivity contribution >= 4 is 5.91 Å². The molecule has 0 aliphatic carbocycles. The maximum absolute atomic E-state index is 12.2. The molecule has 0 radical (unpaired) electrons. The highest BCUT2D eigenvalue weighted by Crippen LogP contribution is 2.11. The molecule has 2 heterocycles. The average molecular weight is 265 g/mol. The Morgan fingerprint density at radius 2 is 2.42 bits per heavy atom. The number of likely N-dealkylation sites (tertiary alicyclic amines) is 1. The van der Waals surface area contributed by atoms with Crippen molar-refractivity contribution in [2.24, 2.45) is 5.73 Å². The zero-order chi connectivity index (χ0) is 13.8. The Hall–Kier alpha value is -1.40. The molecule has 0 aromatic carbocycles. The van der Waals surface area contributed by atoms with Crippen LogP contribution in [0.15, 0.2) is 6.20 Å². The summed E-state index contributed by atoms with van der Waals surface area (Å²) in [6.45, 7) is 5.29. The minimum absolute atomic E-state index is 0.0169. The van der Waals surface area contributed by atoms with E-state index in [1.165, 1.54) is 0 Å². The van der Waals surface area contributed by atoms with Crippen molar-refractivity contribution in [3.63, 3.8) is 0 Å². The van der Waals surface area contributed by atoms with Crippen LogP contribution in [0.5, 0.6) is 0 Å². The third-order valence-corrected chi connectivity index (χ3v) is 3.65. The second kappa shape index (κ2) is 6.16. The Morgan fingerprint density at radius 1 is 1.63 bits per heavy atom. The molecule has 6 nitrogen and oxygen atoms in total. The molecule has 1 atom stereocenters. The van der Waals surface area contributed by atoms with E-state index in [4.69, 9.17) is 5.73 Å². The third-order valence-electron chi connectivity index (χ3n) is 3.65. The predicted octanol–water partition coefficient (Wildman–Crippen LogP) is -0.0258. The molecule has 1 aliphatic rings. The van der Waals surface area contributed by atoms with Gasteiger partial charge in [0.1, 0.15) is 0 Å². The quantitative estimate of drug-likeness (QED) is 0.784. The zero-order valence-electron chi connectivity index (χ0n) is 11.7. The topological polar surface area (TPSA) is 76.2 Å². The first-order valence-electron chi connectivity index (χ1n) is 6.83. The van der Waals surface area contributed by atoms with Gasteiger partial charge in [0.2, 0.25) is 0 Å². The number of aryl methyl sites for hydroxylation is 1. The largest absolute Gasteiger partial charge is 0.348 e. The molecule has 1 fully saturated rings. The van der Waals surface area contributed by atoms with E-state index in [1.54, 1.807) is 6.20 Å². The summed E-state index contributed by atoms with van der Waals surface area (Å²) in [7, 11) is 2.07. The SMILES string of the molecule is Cc1c(C(=O)NC2CCN(C)C2)cnn1CCCN. The average Bonchev–Trinajstić information content (AvgIpc) is 2.93. The van der Waals surface area contributed by atoms with E-state index in [2.05, 4.69) is 22.4 Å². The van der Waals surface area contributed by atoms with Gasteiger partial charge in [0.15, 0.2) is 0 Å². The normalized spacial score (nSPS) is 19.8. The second-order valence-electron chi connectivity index (χ2n) is 5.23. The summed E-state index contributed by atoms with van der Waals surface area (Å²) in [6, 6.07) is 0.254. The number of nitrogens with zero attached hydrogens (tertiary/aromatic N) is 3. The first kappa shape index (κ1) is 14.0. The van der Waals surface area contributed by atoms with Crippen molar-refractivity contribution in [1.29, 1.82) is 0 Å². The summed E-state index contributed by atoms with van der Waals surface area (Å²) < 4.78 is 1.85. The first-order valence-corrected chi connectivity index (χ1v) is 6.83. The number of amides is 1. The summed E-state index contributed by atoms with van der Waals surface area (Å²) in [5.74, 6) is -0.0169. The molecule has 1 aliphatic heterocycles. The van der Waals surface area contributed by atoms with E-state index in [1.807, 2.05) is 11.6 Å². The van der Waals surface area contributed by atoms with Crippen molar-refractivity contribution in [3.8, 4) is 0 Å². The Balaban J connectivity index is 1.97. The number of carbonyl (C=O) groups is 1. The molecule has 3 N–H and O–H groups in total. The van der Waals surface area contributed by atoms with Gasteiger partial charge in [0, 0.05) is 24.8 Å². The van der Waals surface area contributed by atoms with Crippen LogP contribution in [0.1, 0.15) is 28.9 Å². The molecular weight excluding hydrogens is 242 g/mol. The van der Waals surface area contributed by atoms with Crippen molar-refractivity contribution in [2.75, 3.05) is 26.7 Å². The van der Waals surface area contributed by atoms with Gasteiger partial charge in [-0.2, -0.15) is 5.10 Å². The highest BCUT2D eigenvalue weighted by atomic mass is 16.1. The zero-order valence-corrected chi connectivity index (χ0v) is 11.7. The summed E-state index contributed by atoms with van der Waals surface area (Å²) in [5, 5.41) is 7.33. The van der Waals surface area contributed by atoms with Crippen LogP contribution in [-0.2, 0) is 6.54 Å². The van der Waals surface area contributed by atoms with Crippen molar-refractivity contribution in [1.82, 2.24) is 20.0 Å². The van der Waals surface area contributed by atoms with E-state index < -0.39 is 0 Å². The lowest BCUT2D eigenvalue weighted by atomic mass is 10.2. The molecule has 19 heavy (non-hydrogen) atoms. The molecular formula is C13H23N5O. The van der Waals surface area contributed by atoms with Gasteiger partial charge < -0.3 is 16.0 Å². The van der Waals surface area contributed by atoms with E-state index in [0.29, 0.717) is 12.1 Å². The van der Waals surface area contributed by atoms with E-state index in [0.717, 1.165) is 38.2 Å². The summed E-state index contributed by atoms with van der Waals surface area (Å²) in [4.78, 5) is 14.4. The van der Waals surface area contributed by atoms with Gasteiger partial charge in [0.25, 0.3) is 5.91 Å². The highest BCUT2D eigenvalue weighted by Gasteiger charge is 2.23. The minimum atomic E-state index is -0.0169. The fraction of sp³-hybridized carbons (Fsp3) is 0.692. The number of rotatable bonds is 5. The fourth-order valence-electron chi connectivity index (χ4n) is 2.45. The van der Waals surface area contributed by atoms with E-state index in [9.17, 15) is 4.79 Å². The number of hydrogen-bond donors (Lipinski definition) is 2. The summed E-state index contributed by atoms with van der Waals surface area (Å²) in [6.07, 6.45) is 3.54. The summed E-state index contributed by atoms with van der Waals surface area (Å²) in [5.41, 5.74) is 7.08. The molecule has 1 aromatic heterocycles. The van der Waals surface area contributed by atoms with Gasteiger partial charge in [0.05, 0.1) is 11.8 Å². The number of likely N-dealkylation sites (N-methyl/N-ethyl adjacent to an activating group) is 1. The van der Waals surface area contributed by atoms with Crippen LogP contribution in [0.3, 0.4) is 0 Å². The highest BCUT2D eigenvalue weighted by molar-refractivity contribution is 5.95. The van der Waals surface area contributed by atoms with Gasteiger partial charge in [-0.1, -0.05) is 0 Å². The molecule has 106 valence electrons. The Kier molecular flexibility index (Phi) is 4.55. The van der Waals surface area contributed by atoms with Gasteiger partial charge in [-0.3, -0.25) is 9.48 Å². The third kappa shape index (κ3) is 3.33.